The lowest BCUT2D eigenvalue weighted by Crippen LogP contribution is -2.32. The summed E-state index contributed by atoms with van der Waals surface area (Å²) in [5, 5.41) is -0.153. The van der Waals surface area contributed by atoms with E-state index in [0.29, 0.717) is 0 Å². The number of nitrogen functional groups attached to an aromatic ring is 1. The van der Waals surface area contributed by atoms with Gasteiger partial charge in [-0.15, -0.1) is 0 Å². The second-order valence-corrected chi connectivity index (χ2v) is 3.97. The Morgan fingerprint density at radius 2 is 1.81 bits per heavy atom. The molecule has 2 N–H and O–H groups in total. The second-order valence-electron chi connectivity index (χ2n) is 2.77. The van der Waals surface area contributed by atoms with E-state index >= 15 is 0 Å². The predicted molar refractivity (Wildman–Crippen MR) is 57.2 cm³/mol. The Morgan fingerprint density at radius 3 is 2.31 bits per heavy atom. The fourth-order valence-electron chi connectivity index (χ4n) is 0.814. The van der Waals surface area contributed by atoms with Gasteiger partial charge in [0.15, 0.2) is 0 Å². The van der Waals surface area contributed by atoms with E-state index in [9.17, 15) is 13.2 Å². The summed E-state index contributed by atoms with van der Waals surface area (Å²) in [7, 11) is 0. The molecule has 0 bridgehead atoms. The van der Waals surface area contributed by atoms with Crippen LogP contribution in [0.3, 0.4) is 0 Å². The molecule has 1 rings (SSSR count). The number of alkyl halides is 4. The van der Waals surface area contributed by atoms with Crippen LogP contribution in [0.5, 0.6) is 5.75 Å². The SMILES string of the molecule is Nc1cc(OC(F)(F)C(F)Cl)c(Cl)cc1Cl. The normalized spacial score (nSPS) is 13.6. The monoisotopic (exact) mass is 293 g/mol. The van der Waals surface area contributed by atoms with Gasteiger partial charge < -0.3 is 10.5 Å². The van der Waals surface area contributed by atoms with Gasteiger partial charge in [0.25, 0.3) is 5.63 Å². The largest absolute Gasteiger partial charge is 0.444 e. The van der Waals surface area contributed by atoms with Crippen LogP contribution in [0.1, 0.15) is 0 Å². The van der Waals surface area contributed by atoms with Crippen LogP contribution in [0, 0.1) is 0 Å². The van der Waals surface area contributed by atoms with Crippen LogP contribution in [0.4, 0.5) is 18.9 Å². The fraction of sp³-hybridized carbons (Fsp3) is 0.250. The van der Waals surface area contributed by atoms with Crippen LogP contribution in [0.25, 0.3) is 0 Å². The minimum absolute atomic E-state index is 0.0261. The highest BCUT2D eigenvalue weighted by Gasteiger charge is 2.42. The number of hydrogen-bond acceptors (Lipinski definition) is 2. The molecule has 0 radical (unpaired) electrons. The molecule has 0 spiro atoms. The van der Waals surface area contributed by atoms with Crippen molar-refractivity contribution in [2.75, 3.05) is 5.73 Å². The topological polar surface area (TPSA) is 35.2 Å². The van der Waals surface area contributed by atoms with E-state index in [0.717, 1.165) is 12.1 Å². The van der Waals surface area contributed by atoms with Gasteiger partial charge in [-0.3, -0.25) is 0 Å². The predicted octanol–water partition coefficient (Wildman–Crippen LogP) is 4.08. The molecule has 90 valence electrons. The Hall–Kier alpha value is -0.520. The Labute approximate surface area is 104 Å². The Bertz CT molecular complexity index is 400. The molecule has 0 aliphatic rings. The quantitative estimate of drug-likeness (QED) is 0.673. The molecule has 1 aromatic rings. The molecule has 0 aliphatic carbocycles. The van der Waals surface area contributed by atoms with Crippen molar-refractivity contribution in [2.45, 2.75) is 11.7 Å². The summed E-state index contributed by atoms with van der Waals surface area (Å²) in [6.45, 7) is 0. The van der Waals surface area contributed by atoms with E-state index in [-0.39, 0.29) is 15.7 Å². The summed E-state index contributed by atoms with van der Waals surface area (Å²) >= 11 is 15.7. The highest BCUT2D eigenvalue weighted by atomic mass is 35.5. The van der Waals surface area contributed by atoms with Crippen molar-refractivity contribution in [1.82, 2.24) is 0 Å². The van der Waals surface area contributed by atoms with E-state index in [2.05, 4.69) is 16.3 Å². The van der Waals surface area contributed by atoms with E-state index < -0.39 is 17.5 Å². The zero-order valence-corrected chi connectivity index (χ0v) is 9.75. The van der Waals surface area contributed by atoms with Gasteiger partial charge in [0.2, 0.25) is 0 Å². The number of ether oxygens (including phenoxy) is 1. The zero-order valence-electron chi connectivity index (χ0n) is 7.49. The summed E-state index contributed by atoms with van der Waals surface area (Å²) in [6.07, 6.45) is -4.20. The molecular formula is C8H5Cl3F3NO. The molecular weight excluding hydrogens is 289 g/mol. The maximum atomic E-state index is 12.8. The van der Waals surface area contributed by atoms with Crippen molar-refractivity contribution >= 4 is 40.5 Å². The van der Waals surface area contributed by atoms with E-state index in [1.807, 2.05) is 0 Å². The van der Waals surface area contributed by atoms with Crippen molar-refractivity contribution in [1.29, 1.82) is 0 Å². The highest BCUT2D eigenvalue weighted by Crippen LogP contribution is 2.37. The first kappa shape index (κ1) is 13.5. The average Bonchev–Trinajstić information content (AvgIpc) is 2.13. The minimum atomic E-state index is -4.20. The van der Waals surface area contributed by atoms with Crippen molar-refractivity contribution in [3.63, 3.8) is 0 Å². The molecule has 8 heteroatoms. The lowest BCUT2D eigenvalue weighted by Gasteiger charge is -2.18. The molecule has 2 nitrogen and oxygen atoms in total. The molecule has 1 aromatic carbocycles. The molecule has 0 amide bonds. The van der Waals surface area contributed by atoms with Crippen LogP contribution in [0.2, 0.25) is 10.0 Å². The van der Waals surface area contributed by atoms with E-state index in [4.69, 9.17) is 28.9 Å². The number of benzene rings is 1. The number of halogens is 6. The summed E-state index contributed by atoms with van der Waals surface area (Å²) in [4.78, 5) is 0. The summed E-state index contributed by atoms with van der Waals surface area (Å²) < 4.78 is 41.9. The summed E-state index contributed by atoms with van der Waals surface area (Å²) in [5.41, 5.74) is 2.32. The fourth-order valence-corrected chi connectivity index (χ4v) is 1.28. The number of hydrogen-bond donors (Lipinski definition) is 1. The minimum Gasteiger partial charge on any atom is -0.428 e. The number of anilines is 1. The molecule has 1 atom stereocenters. The Morgan fingerprint density at radius 1 is 1.25 bits per heavy atom. The first-order chi connectivity index (χ1) is 7.24. The maximum absolute atomic E-state index is 12.8. The van der Waals surface area contributed by atoms with Crippen molar-refractivity contribution < 1.29 is 17.9 Å². The molecule has 0 saturated heterocycles. The molecule has 0 aromatic heterocycles. The van der Waals surface area contributed by atoms with Crippen LogP contribution in [-0.4, -0.2) is 11.7 Å². The van der Waals surface area contributed by atoms with Gasteiger partial charge in [0.05, 0.1) is 15.7 Å². The number of rotatable bonds is 3. The van der Waals surface area contributed by atoms with Crippen LogP contribution < -0.4 is 10.5 Å². The molecule has 0 heterocycles. The molecule has 16 heavy (non-hydrogen) atoms. The van der Waals surface area contributed by atoms with Gasteiger partial charge in [-0.1, -0.05) is 34.8 Å². The van der Waals surface area contributed by atoms with Gasteiger partial charge in [-0.25, -0.2) is 4.39 Å². The van der Waals surface area contributed by atoms with Gasteiger partial charge in [-0.05, 0) is 6.07 Å². The van der Waals surface area contributed by atoms with Crippen molar-refractivity contribution in [2.24, 2.45) is 0 Å². The second kappa shape index (κ2) is 4.77. The third-order valence-electron chi connectivity index (χ3n) is 1.55. The summed E-state index contributed by atoms with van der Waals surface area (Å²) in [5.74, 6) is -0.503. The van der Waals surface area contributed by atoms with Crippen molar-refractivity contribution in [3.8, 4) is 5.75 Å². The smallest absolute Gasteiger partial charge is 0.428 e. The van der Waals surface area contributed by atoms with Crippen molar-refractivity contribution in [3.05, 3.63) is 22.2 Å². The van der Waals surface area contributed by atoms with Crippen LogP contribution in [0.15, 0.2) is 12.1 Å². The maximum Gasteiger partial charge on any atom is 0.444 e. The Kier molecular flexibility index (Phi) is 4.04. The molecule has 0 aliphatic heterocycles. The van der Waals surface area contributed by atoms with Gasteiger partial charge in [0.1, 0.15) is 5.75 Å². The van der Waals surface area contributed by atoms with E-state index in [1.54, 1.807) is 0 Å². The Balaban J connectivity index is 3.02. The summed E-state index contributed by atoms with van der Waals surface area (Å²) in [6, 6.07) is 2.06. The first-order valence-electron chi connectivity index (χ1n) is 3.83. The molecule has 1 unspecified atom stereocenters. The molecule has 0 fully saturated rings. The van der Waals surface area contributed by atoms with Crippen LogP contribution in [-0.2, 0) is 0 Å². The molecule has 0 saturated carbocycles. The van der Waals surface area contributed by atoms with Gasteiger partial charge in [-0.2, -0.15) is 8.78 Å². The third-order valence-corrected chi connectivity index (χ3v) is 2.43. The standard InChI is InChI=1S/C8H5Cl3F3NO/c9-3-1-4(10)6(2-5(3)15)16-8(13,14)7(11)12/h1-2,7H,15H2. The first-order valence-corrected chi connectivity index (χ1v) is 5.03. The van der Waals surface area contributed by atoms with Gasteiger partial charge in [0, 0.05) is 6.07 Å². The zero-order chi connectivity index (χ0) is 12.5. The van der Waals surface area contributed by atoms with E-state index in [1.165, 1.54) is 0 Å². The lowest BCUT2D eigenvalue weighted by molar-refractivity contribution is -0.198. The average molecular weight is 294 g/mol. The van der Waals surface area contributed by atoms with Gasteiger partial charge >= 0.3 is 6.11 Å². The lowest BCUT2D eigenvalue weighted by atomic mass is 10.3. The highest BCUT2D eigenvalue weighted by molar-refractivity contribution is 6.37. The number of nitrogens with two attached hydrogens (primary N) is 1. The third kappa shape index (κ3) is 2.99. The van der Waals surface area contributed by atoms with Crippen LogP contribution >= 0.6 is 34.8 Å².